The summed E-state index contributed by atoms with van der Waals surface area (Å²) in [6, 6.07) is 8.33. The van der Waals surface area contributed by atoms with E-state index in [1.54, 1.807) is 66.8 Å². The molecule has 33 heavy (non-hydrogen) atoms. The highest BCUT2D eigenvalue weighted by molar-refractivity contribution is 5.92. The first-order valence-electron chi connectivity index (χ1n) is 10.5. The van der Waals surface area contributed by atoms with Crippen molar-refractivity contribution in [3.63, 3.8) is 0 Å². The fourth-order valence-electron chi connectivity index (χ4n) is 3.54. The largest absolute Gasteiger partial charge is 0.508 e. The average Bonchev–Trinajstić information content (AvgIpc) is 3.42. The summed E-state index contributed by atoms with van der Waals surface area (Å²) in [7, 11) is 0. The van der Waals surface area contributed by atoms with E-state index in [9.17, 15) is 14.7 Å². The van der Waals surface area contributed by atoms with Crippen molar-refractivity contribution >= 4 is 23.3 Å². The molecule has 0 fully saturated rings. The normalized spacial score (nSPS) is 12.6. The van der Waals surface area contributed by atoms with Gasteiger partial charge in [0.05, 0.1) is 23.9 Å². The lowest BCUT2D eigenvalue weighted by molar-refractivity contribution is -0.156. The van der Waals surface area contributed by atoms with Gasteiger partial charge in [-0.15, -0.1) is 5.10 Å². The maximum atomic E-state index is 12.1. The van der Waals surface area contributed by atoms with Crippen LogP contribution in [0.5, 0.6) is 5.75 Å². The summed E-state index contributed by atoms with van der Waals surface area (Å²) in [5, 5.41) is 23.5. The molecule has 9 nitrogen and oxygen atoms in total. The number of fused-ring (bicyclic) bond motifs is 1. The van der Waals surface area contributed by atoms with Crippen molar-refractivity contribution in [2.75, 3.05) is 0 Å². The van der Waals surface area contributed by atoms with Gasteiger partial charge >= 0.3 is 5.97 Å². The SMILES string of the molecule is CC(C)(C)C(=O)OCn1ccc2c(-c3cnn(C(CC=O)c4cccc(O)c4)c3)cnnc21. The number of carbonyl (C=O) groups excluding carboxylic acids is 2. The molecule has 3 aromatic heterocycles. The molecule has 0 amide bonds. The van der Waals surface area contributed by atoms with Crippen LogP contribution < -0.4 is 0 Å². The van der Waals surface area contributed by atoms with Crippen molar-refractivity contribution in [3.8, 4) is 16.9 Å². The number of aromatic hydroxyl groups is 1. The van der Waals surface area contributed by atoms with E-state index in [4.69, 9.17) is 4.74 Å². The number of esters is 1. The zero-order valence-electron chi connectivity index (χ0n) is 18.7. The molecular formula is C24H25N5O4. The number of phenols is 1. The van der Waals surface area contributed by atoms with E-state index >= 15 is 0 Å². The molecule has 3 heterocycles. The van der Waals surface area contributed by atoms with Crippen LogP contribution in [-0.4, -0.2) is 41.9 Å². The molecule has 1 aromatic carbocycles. The molecule has 0 saturated carbocycles. The quantitative estimate of drug-likeness (QED) is 0.339. The highest BCUT2D eigenvalue weighted by Crippen LogP contribution is 2.30. The van der Waals surface area contributed by atoms with Crippen molar-refractivity contribution in [1.29, 1.82) is 0 Å². The summed E-state index contributed by atoms with van der Waals surface area (Å²) in [5.41, 5.74) is 2.38. The summed E-state index contributed by atoms with van der Waals surface area (Å²) in [6.45, 7) is 5.43. The number of aromatic nitrogens is 5. The van der Waals surface area contributed by atoms with E-state index in [-0.39, 0.29) is 30.9 Å². The van der Waals surface area contributed by atoms with Gasteiger partial charge in [0, 0.05) is 35.3 Å². The number of aldehydes is 1. The van der Waals surface area contributed by atoms with Gasteiger partial charge in [-0.2, -0.15) is 10.2 Å². The molecule has 9 heteroatoms. The summed E-state index contributed by atoms with van der Waals surface area (Å²) in [5.74, 6) is -0.174. The lowest BCUT2D eigenvalue weighted by Crippen LogP contribution is -2.23. The number of nitrogens with zero attached hydrogens (tertiary/aromatic N) is 5. The molecule has 0 spiro atoms. The van der Waals surface area contributed by atoms with Crippen molar-refractivity contribution < 1.29 is 19.4 Å². The molecule has 0 radical (unpaired) electrons. The van der Waals surface area contributed by atoms with E-state index in [0.717, 1.165) is 28.4 Å². The summed E-state index contributed by atoms with van der Waals surface area (Å²) in [4.78, 5) is 23.4. The van der Waals surface area contributed by atoms with Gasteiger partial charge in [0.25, 0.3) is 0 Å². The molecule has 0 aliphatic rings. The monoisotopic (exact) mass is 447 g/mol. The highest BCUT2D eigenvalue weighted by Gasteiger charge is 2.23. The van der Waals surface area contributed by atoms with Crippen LogP contribution in [0.2, 0.25) is 0 Å². The van der Waals surface area contributed by atoms with Gasteiger partial charge in [-0.3, -0.25) is 14.0 Å². The first-order chi connectivity index (χ1) is 15.8. The molecule has 0 aliphatic carbocycles. The van der Waals surface area contributed by atoms with Gasteiger partial charge in [-0.25, -0.2) is 0 Å². The van der Waals surface area contributed by atoms with Gasteiger partial charge in [0.15, 0.2) is 12.4 Å². The Morgan fingerprint density at radius 2 is 2.06 bits per heavy atom. The molecule has 4 rings (SSSR count). The molecule has 0 saturated heterocycles. The second-order valence-electron chi connectivity index (χ2n) is 8.81. The second kappa shape index (κ2) is 8.85. The Kier molecular flexibility index (Phi) is 5.95. The van der Waals surface area contributed by atoms with Gasteiger partial charge in [-0.1, -0.05) is 12.1 Å². The van der Waals surface area contributed by atoms with E-state index in [2.05, 4.69) is 15.3 Å². The summed E-state index contributed by atoms with van der Waals surface area (Å²) in [6.07, 6.45) is 8.04. The van der Waals surface area contributed by atoms with Crippen LogP contribution in [0, 0.1) is 5.41 Å². The Morgan fingerprint density at radius 3 is 2.79 bits per heavy atom. The number of hydrogen-bond donors (Lipinski definition) is 1. The van der Waals surface area contributed by atoms with Gasteiger partial charge < -0.3 is 14.6 Å². The number of ether oxygens (including phenoxy) is 1. The minimum Gasteiger partial charge on any atom is -0.508 e. The van der Waals surface area contributed by atoms with Gasteiger partial charge in [0.1, 0.15) is 12.0 Å². The molecule has 1 unspecified atom stereocenters. The Hall–Kier alpha value is -4.01. The molecule has 0 bridgehead atoms. The Balaban J connectivity index is 1.64. The Labute approximate surface area is 190 Å². The zero-order chi connectivity index (χ0) is 23.6. The van der Waals surface area contributed by atoms with Crippen LogP contribution >= 0.6 is 0 Å². The van der Waals surface area contributed by atoms with E-state index in [1.807, 2.05) is 18.3 Å². The Bertz CT molecular complexity index is 1300. The molecular weight excluding hydrogens is 422 g/mol. The summed E-state index contributed by atoms with van der Waals surface area (Å²) < 4.78 is 8.84. The molecule has 1 N–H and O–H groups in total. The van der Waals surface area contributed by atoms with Crippen LogP contribution in [-0.2, 0) is 21.1 Å². The van der Waals surface area contributed by atoms with E-state index in [1.165, 1.54) is 0 Å². The fourth-order valence-corrected chi connectivity index (χ4v) is 3.54. The van der Waals surface area contributed by atoms with E-state index < -0.39 is 5.41 Å². The fraction of sp³-hybridized carbons (Fsp3) is 0.292. The smallest absolute Gasteiger partial charge is 0.312 e. The van der Waals surface area contributed by atoms with Crippen LogP contribution in [0.15, 0.2) is 55.1 Å². The van der Waals surface area contributed by atoms with Crippen molar-refractivity contribution in [2.45, 2.75) is 40.0 Å². The number of carbonyl (C=O) groups is 2. The van der Waals surface area contributed by atoms with E-state index in [0.29, 0.717) is 5.65 Å². The predicted octanol–water partition coefficient (Wildman–Crippen LogP) is 3.73. The van der Waals surface area contributed by atoms with Crippen molar-refractivity contribution in [1.82, 2.24) is 24.5 Å². The first-order valence-corrected chi connectivity index (χ1v) is 10.5. The predicted molar refractivity (Wildman–Crippen MR) is 121 cm³/mol. The second-order valence-corrected chi connectivity index (χ2v) is 8.81. The lowest BCUT2D eigenvalue weighted by atomic mass is 9.98. The van der Waals surface area contributed by atoms with Gasteiger partial charge in [-0.05, 0) is 44.5 Å². The van der Waals surface area contributed by atoms with Crippen LogP contribution in [0.3, 0.4) is 0 Å². The number of rotatable bonds is 7. The average molecular weight is 447 g/mol. The standard InChI is InChI=1S/C24H25N5O4/c1-24(2,3)23(32)33-15-28-9-7-19-20(13-25-27-22(19)28)17-12-26-29(14-17)21(8-10-30)16-5-4-6-18(31)11-16/h4-7,9-14,21,31H,8,15H2,1-3H3. The van der Waals surface area contributed by atoms with Gasteiger partial charge in [0.2, 0.25) is 0 Å². The number of benzene rings is 1. The third kappa shape index (κ3) is 4.62. The Morgan fingerprint density at radius 1 is 1.24 bits per heavy atom. The van der Waals surface area contributed by atoms with Crippen LogP contribution in [0.25, 0.3) is 22.2 Å². The summed E-state index contributed by atoms with van der Waals surface area (Å²) >= 11 is 0. The molecule has 170 valence electrons. The minimum absolute atomic E-state index is 0.0376. The highest BCUT2D eigenvalue weighted by atomic mass is 16.5. The lowest BCUT2D eigenvalue weighted by Gasteiger charge is -2.16. The molecule has 0 aliphatic heterocycles. The zero-order valence-corrected chi connectivity index (χ0v) is 18.7. The topological polar surface area (TPSA) is 112 Å². The first kappa shape index (κ1) is 22.2. The maximum Gasteiger partial charge on any atom is 0.312 e. The van der Waals surface area contributed by atoms with Crippen molar-refractivity contribution in [3.05, 3.63) is 60.7 Å². The molecule has 4 aromatic rings. The minimum atomic E-state index is -0.595. The third-order valence-corrected chi connectivity index (χ3v) is 5.32. The van der Waals surface area contributed by atoms with Crippen molar-refractivity contribution in [2.24, 2.45) is 5.41 Å². The maximum absolute atomic E-state index is 12.1. The number of hydrogen-bond acceptors (Lipinski definition) is 7. The molecule has 1 atom stereocenters. The number of phenolic OH excluding ortho intramolecular Hbond substituents is 1. The third-order valence-electron chi connectivity index (χ3n) is 5.32. The van der Waals surface area contributed by atoms with Crippen LogP contribution in [0.4, 0.5) is 0 Å². The van der Waals surface area contributed by atoms with Crippen LogP contribution in [0.1, 0.15) is 38.8 Å².